The van der Waals surface area contributed by atoms with Crippen molar-refractivity contribution in [1.82, 2.24) is 5.32 Å². The molecule has 0 aliphatic carbocycles. The Bertz CT molecular complexity index is 859. The molecule has 8 heteroatoms. The summed E-state index contributed by atoms with van der Waals surface area (Å²) in [4.78, 5) is 24.1. The van der Waals surface area contributed by atoms with Crippen LogP contribution in [-0.4, -0.2) is 23.4 Å². The summed E-state index contributed by atoms with van der Waals surface area (Å²) in [5.74, 6) is 0.797. The Morgan fingerprint density at radius 3 is 2.69 bits per heavy atom. The monoisotopic (exact) mass is 407 g/mol. The van der Waals surface area contributed by atoms with Crippen molar-refractivity contribution in [3.05, 3.63) is 64.1 Å². The van der Waals surface area contributed by atoms with Crippen molar-refractivity contribution >= 4 is 58.3 Å². The fraction of sp³-hybridized carbons (Fsp3) is 0.167. The van der Waals surface area contributed by atoms with Gasteiger partial charge < -0.3 is 5.32 Å². The van der Waals surface area contributed by atoms with Crippen LogP contribution in [0.3, 0.4) is 0 Å². The van der Waals surface area contributed by atoms with E-state index < -0.39 is 0 Å². The van der Waals surface area contributed by atoms with Crippen LogP contribution in [0.4, 0.5) is 5.69 Å². The number of hydrogen-bond donors (Lipinski definition) is 1. The minimum Gasteiger partial charge on any atom is -0.312 e. The van der Waals surface area contributed by atoms with Crippen LogP contribution < -0.4 is 10.3 Å². The van der Waals surface area contributed by atoms with Gasteiger partial charge in [0.25, 0.3) is 5.91 Å². The number of anilines is 1. The van der Waals surface area contributed by atoms with Gasteiger partial charge in [-0.15, -0.1) is 11.8 Å². The summed E-state index contributed by atoms with van der Waals surface area (Å²) >= 11 is 13.4. The molecule has 0 radical (unpaired) electrons. The molecule has 0 spiro atoms. The Hall–Kier alpha value is -2.02. The lowest BCUT2D eigenvalue weighted by molar-refractivity contribution is -0.117. The third-order valence-corrected chi connectivity index (χ3v) is 5.13. The molecular weight excluding hydrogens is 393 g/mol. The van der Waals surface area contributed by atoms with Crippen molar-refractivity contribution in [3.63, 3.8) is 0 Å². The predicted molar refractivity (Wildman–Crippen MR) is 107 cm³/mol. The van der Waals surface area contributed by atoms with Crippen molar-refractivity contribution in [2.45, 2.75) is 12.2 Å². The smallest absolute Gasteiger partial charge is 0.255 e. The van der Waals surface area contributed by atoms with Gasteiger partial charge in [-0.05, 0) is 29.8 Å². The van der Waals surface area contributed by atoms with Gasteiger partial charge in [0.1, 0.15) is 5.84 Å². The van der Waals surface area contributed by atoms with Gasteiger partial charge in [0, 0.05) is 15.8 Å². The fourth-order valence-corrected chi connectivity index (χ4v) is 3.75. The Balaban J connectivity index is 1.51. The van der Waals surface area contributed by atoms with E-state index in [-0.39, 0.29) is 24.0 Å². The third kappa shape index (κ3) is 4.78. The first-order chi connectivity index (χ1) is 12.5. The molecule has 0 unspecified atom stereocenters. The maximum atomic E-state index is 12.1. The summed E-state index contributed by atoms with van der Waals surface area (Å²) in [6.45, 7) is 0. The highest BCUT2D eigenvalue weighted by atomic mass is 35.5. The fourth-order valence-electron chi connectivity index (χ4n) is 2.36. The van der Waals surface area contributed by atoms with Crippen LogP contribution >= 0.6 is 35.0 Å². The van der Waals surface area contributed by atoms with Gasteiger partial charge in [-0.3, -0.25) is 9.59 Å². The maximum absolute atomic E-state index is 12.1. The summed E-state index contributed by atoms with van der Waals surface area (Å²) in [6, 6.07) is 14.4. The average molecular weight is 408 g/mol. The number of hydrogen-bond acceptors (Lipinski definition) is 4. The molecule has 26 heavy (non-hydrogen) atoms. The molecule has 0 fully saturated rings. The zero-order valence-corrected chi connectivity index (χ0v) is 15.9. The van der Waals surface area contributed by atoms with E-state index in [1.54, 1.807) is 24.3 Å². The van der Waals surface area contributed by atoms with Gasteiger partial charge in [-0.25, -0.2) is 0 Å². The number of halogens is 2. The van der Waals surface area contributed by atoms with Crippen LogP contribution in [0.1, 0.15) is 12.0 Å². The highest BCUT2D eigenvalue weighted by Gasteiger charge is 2.26. The second kappa shape index (κ2) is 8.58. The molecule has 0 saturated heterocycles. The van der Waals surface area contributed by atoms with Crippen LogP contribution in [0, 0.1) is 0 Å². The molecule has 134 valence electrons. The Morgan fingerprint density at radius 2 is 1.96 bits per heavy atom. The lowest BCUT2D eigenvalue weighted by Gasteiger charge is -2.10. The number of benzene rings is 2. The lowest BCUT2D eigenvalue weighted by Crippen LogP contribution is -2.31. The van der Waals surface area contributed by atoms with Crippen LogP contribution in [0.2, 0.25) is 10.0 Å². The van der Waals surface area contributed by atoms with Gasteiger partial charge in [0.15, 0.2) is 0 Å². The molecule has 2 aromatic rings. The zero-order valence-electron chi connectivity index (χ0n) is 13.6. The van der Waals surface area contributed by atoms with E-state index in [1.807, 2.05) is 24.3 Å². The van der Waals surface area contributed by atoms with Crippen molar-refractivity contribution in [2.24, 2.45) is 5.10 Å². The van der Waals surface area contributed by atoms with E-state index in [2.05, 4.69) is 10.4 Å². The number of nitrogens with one attached hydrogen (secondary N) is 1. The number of carbonyl (C=O) groups excluding carboxylic acids is 2. The minimum absolute atomic E-state index is 0.0777. The first-order valence-electron chi connectivity index (χ1n) is 7.80. The summed E-state index contributed by atoms with van der Waals surface area (Å²) in [7, 11) is 0. The van der Waals surface area contributed by atoms with E-state index in [0.29, 0.717) is 27.3 Å². The standard InChI is InChI=1S/C18H15Cl2N3O2S/c19-13-7-6-12(15(20)8-13)10-26-11-17(24)21-16-9-18(25)23(22-16)14-4-2-1-3-5-14/h1-8H,9-11H2,(H,21,22,24). The summed E-state index contributed by atoms with van der Waals surface area (Å²) < 4.78 is 0. The molecule has 1 N–H and O–H groups in total. The van der Waals surface area contributed by atoms with Crippen molar-refractivity contribution in [3.8, 4) is 0 Å². The number of rotatable bonds is 5. The number of thioether (sulfide) groups is 1. The molecule has 0 aromatic heterocycles. The number of amides is 2. The maximum Gasteiger partial charge on any atom is 0.255 e. The highest BCUT2D eigenvalue weighted by Crippen LogP contribution is 2.24. The second-order valence-electron chi connectivity index (χ2n) is 5.54. The van der Waals surface area contributed by atoms with E-state index >= 15 is 0 Å². The number of nitrogens with zero attached hydrogens (tertiary/aromatic N) is 2. The van der Waals surface area contributed by atoms with Gasteiger partial charge in [0.2, 0.25) is 5.91 Å². The third-order valence-electron chi connectivity index (χ3n) is 3.57. The Kier molecular flexibility index (Phi) is 6.19. The molecule has 5 nitrogen and oxygen atoms in total. The minimum atomic E-state index is -0.207. The first kappa shape index (κ1) is 18.8. The van der Waals surface area contributed by atoms with Crippen LogP contribution in [0.15, 0.2) is 53.6 Å². The van der Waals surface area contributed by atoms with Gasteiger partial charge in [-0.2, -0.15) is 10.1 Å². The molecule has 1 aliphatic rings. The number of para-hydroxylation sites is 1. The highest BCUT2D eigenvalue weighted by molar-refractivity contribution is 7.99. The molecule has 0 saturated carbocycles. The van der Waals surface area contributed by atoms with E-state index in [1.165, 1.54) is 16.8 Å². The number of amidine groups is 1. The van der Waals surface area contributed by atoms with Gasteiger partial charge >= 0.3 is 0 Å². The Morgan fingerprint density at radius 1 is 1.19 bits per heavy atom. The van der Waals surface area contributed by atoms with Crippen LogP contribution in [-0.2, 0) is 15.3 Å². The van der Waals surface area contributed by atoms with Crippen LogP contribution in [0.25, 0.3) is 0 Å². The van der Waals surface area contributed by atoms with Gasteiger partial charge in [-0.1, -0.05) is 47.5 Å². The normalized spacial score (nSPS) is 13.7. The van der Waals surface area contributed by atoms with Crippen LogP contribution in [0.5, 0.6) is 0 Å². The molecule has 0 atom stereocenters. The Labute approximate surface area is 165 Å². The molecule has 2 amide bonds. The first-order valence-corrected chi connectivity index (χ1v) is 9.71. The molecule has 0 bridgehead atoms. The molecule has 2 aromatic carbocycles. The predicted octanol–water partition coefficient (Wildman–Crippen LogP) is 4.09. The van der Waals surface area contributed by atoms with Gasteiger partial charge in [0.05, 0.1) is 17.9 Å². The zero-order chi connectivity index (χ0) is 18.5. The second-order valence-corrected chi connectivity index (χ2v) is 7.37. The van der Waals surface area contributed by atoms with E-state index in [9.17, 15) is 9.59 Å². The van der Waals surface area contributed by atoms with Crippen molar-refractivity contribution < 1.29 is 9.59 Å². The molecular formula is C18H15Cl2N3O2S. The van der Waals surface area contributed by atoms with Crippen molar-refractivity contribution in [1.29, 1.82) is 0 Å². The summed E-state index contributed by atoms with van der Waals surface area (Å²) in [5, 5.41) is 9.34. The SMILES string of the molecule is O=C(CSCc1ccc(Cl)cc1Cl)NC1=NN(c2ccccc2)C(=O)C1. The topological polar surface area (TPSA) is 61.8 Å². The molecule has 1 heterocycles. The molecule has 1 aliphatic heterocycles. The van der Waals surface area contributed by atoms with E-state index in [0.717, 1.165) is 5.56 Å². The summed E-state index contributed by atoms with van der Waals surface area (Å²) in [5.41, 5.74) is 1.59. The summed E-state index contributed by atoms with van der Waals surface area (Å²) in [6.07, 6.45) is 0.0777. The number of carbonyl (C=O) groups is 2. The lowest BCUT2D eigenvalue weighted by atomic mass is 10.2. The largest absolute Gasteiger partial charge is 0.312 e. The van der Waals surface area contributed by atoms with E-state index in [4.69, 9.17) is 23.2 Å². The quantitative estimate of drug-likeness (QED) is 0.811. The number of hydrazone groups is 1. The van der Waals surface area contributed by atoms with Crippen molar-refractivity contribution in [2.75, 3.05) is 10.8 Å². The molecule has 3 rings (SSSR count). The average Bonchev–Trinajstić information content (AvgIpc) is 2.98.